The van der Waals surface area contributed by atoms with Crippen molar-refractivity contribution in [3.63, 3.8) is 0 Å². The van der Waals surface area contributed by atoms with Gasteiger partial charge in [-0.2, -0.15) is 0 Å². The summed E-state index contributed by atoms with van der Waals surface area (Å²) in [5.74, 6) is 0.296. The van der Waals surface area contributed by atoms with Gasteiger partial charge < -0.3 is 10.8 Å². The Morgan fingerprint density at radius 2 is 2.36 bits per heavy atom. The summed E-state index contributed by atoms with van der Waals surface area (Å²) in [6.45, 7) is 1.55. The van der Waals surface area contributed by atoms with Crippen molar-refractivity contribution in [3.8, 4) is 5.75 Å². The van der Waals surface area contributed by atoms with E-state index in [4.69, 9.17) is 10.8 Å². The molecule has 3 heteroatoms. The van der Waals surface area contributed by atoms with Gasteiger partial charge in [-0.1, -0.05) is 0 Å². The minimum atomic E-state index is 0.296. The summed E-state index contributed by atoms with van der Waals surface area (Å²) in [6, 6.07) is 3.46. The van der Waals surface area contributed by atoms with Gasteiger partial charge in [0, 0.05) is 12.5 Å². The molecule has 0 amide bonds. The van der Waals surface area contributed by atoms with Gasteiger partial charge in [0.15, 0.2) is 11.9 Å². The van der Waals surface area contributed by atoms with Crippen LogP contribution in [0.15, 0.2) is 24.5 Å². The molecule has 1 rings (SSSR count). The lowest BCUT2D eigenvalue weighted by molar-refractivity contribution is -0.697. The van der Waals surface area contributed by atoms with E-state index in [1.807, 2.05) is 16.8 Å². The molecule has 60 valence electrons. The molecule has 0 aliphatic carbocycles. The summed E-state index contributed by atoms with van der Waals surface area (Å²) in [5.41, 5.74) is 5.34. The van der Waals surface area contributed by atoms with E-state index in [2.05, 4.69) is 0 Å². The predicted molar refractivity (Wildman–Crippen MR) is 42.0 cm³/mol. The maximum absolute atomic E-state index is 9.06. The molecular formula is C8H13N2O+. The van der Waals surface area contributed by atoms with Gasteiger partial charge in [-0.15, -0.1) is 0 Å². The SMILES string of the molecule is NCCC[n+]1cccc(O)c1. The first-order valence-electron chi connectivity index (χ1n) is 3.71. The fourth-order valence-corrected chi connectivity index (χ4v) is 0.921. The van der Waals surface area contributed by atoms with E-state index in [9.17, 15) is 0 Å². The molecule has 0 aromatic carbocycles. The predicted octanol–water partition coefficient (Wildman–Crippen LogP) is 0.0285. The zero-order valence-electron chi connectivity index (χ0n) is 6.40. The van der Waals surface area contributed by atoms with Crippen LogP contribution in [-0.4, -0.2) is 11.7 Å². The van der Waals surface area contributed by atoms with E-state index in [0.717, 1.165) is 13.0 Å². The van der Waals surface area contributed by atoms with E-state index in [1.54, 1.807) is 12.3 Å². The average Bonchev–Trinajstić information content (AvgIpc) is 2.01. The highest BCUT2D eigenvalue weighted by atomic mass is 16.3. The molecule has 0 bridgehead atoms. The summed E-state index contributed by atoms with van der Waals surface area (Å²) < 4.78 is 1.92. The molecule has 0 saturated carbocycles. The lowest BCUT2D eigenvalue weighted by Gasteiger charge is -1.94. The quantitative estimate of drug-likeness (QED) is 0.602. The summed E-state index contributed by atoms with van der Waals surface area (Å²) >= 11 is 0. The van der Waals surface area contributed by atoms with Crippen LogP contribution in [-0.2, 0) is 6.54 Å². The fraction of sp³-hybridized carbons (Fsp3) is 0.375. The zero-order valence-corrected chi connectivity index (χ0v) is 6.40. The Bertz CT molecular complexity index is 225. The molecule has 0 aliphatic heterocycles. The summed E-state index contributed by atoms with van der Waals surface area (Å²) in [5, 5.41) is 9.06. The van der Waals surface area contributed by atoms with Crippen molar-refractivity contribution in [2.75, 3.05) is 6.54 Å². The number of aryl methyl sites for hydroxylation is 1. The molecule has 0 unspecified atom stereocenters. The molecule has 0 radical (unpaired) electrons. The van der Waals surface area contributed by atoms with Crippen LogP contribution >= 0.6 is 0 Å². The van der Waals surface area contributed by atoms with Gasteiger partial charge in [-0.25, -0.2) is 4.57 Å². The second kappa shape index (κ2) is 3.93. The van der Waals surface area contributed by atoms with Crippen LogP contribution < -0.4 is 10.3 Å². The minimum Gasteiger partial charge on any atom is -0.503 e. The normalized spacial score (nSPS) is 9.91. The molecule has 1 aromatic rings. The van der Waals surface area contributed by atoms with Crippen molar-refractivity contribution < 1.29 is 9.67 Å². The maximum Gasteiger partial charge on any atom is 0.210 e. The van der Waals surface area contributed by atoms with Crippen LogP contribution in [0.25, 0.3) is 0 Å². The van der Waals surface area contributed by atoms with Crippen molar-refractivity contribution >= 4 is 0 Å². The Hall–Kier alpha value is -1.09. The van der Waals surface area contributed by atoms with Crippen LogP contribution in [0, 0.1) is 0 Å². The van der Waals surface area contributed by atoms with Crippen LogP contribution in [0.2, 0.25) is 0 Å². The van der Waals surface area contributed by atoms with Crippen molar-refractivity contribution in [3.05, 3.63) is 24.5 Å². The lowest BCUT2D eigenvalue weighted by atomic mass is 10.4. The first-order chi connectivity index (χ1) is 5.33. The number of pyridine rings is 1. The number of hydrogen-bond acceptors (Lipinski definition) is 2. The van der Waals surface area contributed by atoms with Crippen LogP contribution in [0.5, 0.6) is 5.75 Å². The lowest BCUT2D eigenvalue weighted by Crippen LogP contribution is -2.33. The van der Waals surface area contributed by atoms with E-state index >= 15 is 0 Å². The zero-order chi connectivity index (χ0) is 8.10. The van der Waals surface area contributed by atoms with E-state index in [1.165, 1.54) is 0 Å². The number of aromatic hydroxyl groups is 1. The Morgan fingerprint density at radius 3 is 3.00 bits per heavy atom. The number of nitrogens with two attached hydrogens (primary N) is 1. The fourth-order valence-electron chi connectivity index (χ4n) is 0.921. The van der Waals surface area contributed by atoms with Crippen LogP contribution in [0.3, 0.4) is 0 Å². The molecule has 3 nitrogen and oxygen atoms in total. The Kier molecular flexibility index (Phi) is 2.86. The van der Waals surface area contributed by atoms with Crippen molar-refractivity contribution in [2.24, 2.45) is 5.73 Å². The smallest absolute Gasteiger partial charge is 0.210 e. The topological polar surface area (TPSA) is 50.1 Å². The van der Waals surface area contributed by atoms with Crippen LogP contribution in [0.1, 0.15) is 6.42 Å². The molecule has 0 fully saturated rings. The van der Waals surface area contributed by atoms with Crippen molar-refractivity contribution in [1.29, 1.82) is 0 Å². The third-order valence-electron chi connectivity index (χ3n) is 1.46. The number of hydrogen-bond donors (Lipinski definition) is 2. The second-order valence-corrected chi connectivity index (χ2v) is 2.44. The molecule has 0 aliphatic rings. The van der Waals surface area contributed by atoms with Crippen molar-refractivity contribution in [1.82, 2.24) is 0 Å². The van der Waals surface area contributed by atoms with Gasteiger partial charge in [-0.05, 0) is 12.6 Å². The highest BCUT2D eigenvalue weighted by molar-refractivity contribution is 5.09. The summed E-state index contributed by atoms with van der Waals surface area (Å²) in [7, 11) is 0. The van der Waals surface area contributed by atoms with Crippen LogP contribution in [0.4, 0.5) is 0 Å². The molecule has 0 atom stereocenters. The van der Waals surface area contributed by atoms with Gasteiger partial charge in [0.05, 0.1) is 0 Å². The monoisotopic (exact) mass is 153 g/mol. The second-order valence-electron chi connectivity index (χ2n) is 2.44. The third-order valence-corrected chi connectivity index (χ3v) is 1.46. The molecule has 11 heavy (non-hydrogen) atoms. The third kappa shape index (κ3) is 2.55. The number of aromatic nitrogens is 1. The average molecular weight is 153 g/mol. The Labute approximate surface area is 66.1 Å². The summed E-state index contributed by atoms with van der Waals surface area (Å²) in [6.07, 6.45) is 4.54. The van der Waals surface area contributed by atoms with E-state index in [0.29, 0.717) is 12.3 Å². The number of nitrogens with zero attached hydrogens (tertiary/aromatic N) is 1. The first-order valence-corrected chi connectivity index (χ1v) is 3.71. The molecular weight excluding hydrogens is 140 g/mol. The van der Waals surface area contributed by atoms with Gasteiger partial charge in [0.2, 0.25) is 6.20 Å². The van der Waals surface area contributed by atoms with E-state index in [-0.39, 0.29) is 0 Å². The molecule has 3 N–H and O–H groups in total. The Morgan fingerprint density at radius 1 is 1.55 bits per heavy atom. The van der Waals surface area contributed by atoms with Gasteiger partial charge in [-0.3, -0.25) is 0 Å². The molecule has 0 saturated heterocycles. The molecule has 0 spiro atoms. The van der Waals surface area contributed by atoms with Gasteiger partial charge >= 0.3 is 0 Å². The number of rotatable bonds is 3. The van der Waals surface area contributed by atoms with Crippen molar-refractivity contribution in [2.45, 2.75) is 13.0 Å². The first kappa shape index (κ1) is 8.01. The highest BCUT2D eigenvalue weighted by Gasteiger charge is 1.98. The largest absolute Gasteiger partial charge is 0.503 e. The van der Waals surface area contributed by atoms with Gasteiger partial charge in [0.25, 0.3) is 0 Å². The molecule has 1 heterocycles. The summed E-state index contributed by atoms with van der Waals surface area (Å²) in [4.78, 5) is 0. The van der Waals surface area contributed by atoms with E-state index < -0.39 is 0 Å². The standard InChI is InChI=1S/C8H12N2O/c9-4-2-6-10-5-1-3-8(11)7-10/h1,3,5,7H,2,4,6,9H2/p+1. The minimum absolute atomic E-state index is 0.296. The Balaban J connectivity index is 2.56. The molecule has 1 aromatic heterocycles. The highest BCUT2D eigenvalue weighted by Crippen LogP contribution is 1.99. The van der Waals surface area contributed by atoms with Gasteiger partial charge in [0.1, 0.15) is 6.54 Å². The maximum atomic E-state index is 9.06.